The first kappa shape index (κ1) is 30.4. The van der Waals surface area contributed by atoms with Crippen LogP contribution < -0.4 is 4.74 Å². The Kier molecular flexibility index (Phi) is 11.7. The number of carbonyl (C=O) groups is 1. The SMILES string of the molecule is C[C@@H](CN(CCCOc1cccc(CC(=O)O)c1)Cc1cccc(C(F)(F)F)c1Cl)c1ccccn1.Cl. The van der Waals surface area contributed by atoms with E-state index < -0.39 is 17.7 Å². The summed E-state index contributed by atoms with van der Waals surface area (Å²) in [6.07, 6.45) is -2.29. The molecule has 0 fully saturated rings. The number of carboxylic acids is 1. The fourth-order valence-corrected chi connectivity index (χ4v) is 4.24. The largest absolute Gasteiger partial charge is 0.494 e. The summed E-state index contributed by atoms with van der Waals surface area (Å²) in [4.78, 5) is 17.4. The predicted octanol–water partition coefficient (Wildman–Crippen LogP) is 6.88. The monoisotopic (exact) mass is 556 g/mol. The van der Waals surface area contributed by atoms with E-state index in [1.54, 1.807) is 36.5 Å². The fraction of sp³-hybridized carbons (Fsp3) is 0.333. The zero-order valence-electron chi connectivity index (χ0n) is 20.2. The summed E-state index contributed by atoms with van der Waals surface area (Å²) in [6.45, 7) is 3.75. The van der Waals surface area contributed by atoms with Gasteiger partial charge in [-0.25, -0.2) is 0 Å². The van der Waals surface area contributed by atoms with Crippen molar-refractivity contribution in [1.82, 2.24) is 9.88 Å². The van der Waals surface area contributed by atoms with Gasteiger partial charge >= 0.3 is 12.1 Å². The maximum absolute atomic E-state index is 13.4. The molecule has 0 saturated heterocycles. The van der Waals surface area contributed by atoms with Gasteiger partial charge in [0.2, 0.25) is 0 Å². The van der Waals surface area contributed by atoms with E-state index in [4.69, 9.17) is 21.4 Å². The van der Waals surface area contributed by atoms with Crippen LogP contribution in [-0.4, -0.2) is 40.7 Å². The topological polar surface area (TPSA) is 62.7 Å². The van der Waals surface area contributed by atoms with Crippen LogP contribution in [0, 0.1) is 0 Å². The van der Waals surface area contributed by atoms with Crippen LogP contribution in [0.25, 0.3) is 0 Å². The quantitative estimate of drug-likeness (QED) is 0.246. The van der Waals surface area contributed by atoms with Crippen molar-refractivity contribution < 1.29 is 27.8 Å². The highest BCUT2D eigenvalue weighted by Crippen LogP contribution is 2.36. The van der Waals surface area contributed by atoms with Gasteiger partial charge in [-0.05, 0) is 47.9 Å². The van der Waals surface area contributed by atoms with Gasteiger partial charge in [-0.3, -0.25) is 14.7 Å². The van der Waals surface area contributed by atoms with E-state index in [2.05, 4.69) is 4.98 Å². The number of pyridine rings is 1. The van der Waals surface area contributed by atoms with Gasteiger partial charge in [0.15, 0.2) is 0 Å². The second-order valence-corrected chi connectivity index (χ2v) is 8.97. The molecule has 10 heteroatoms. The first-order valence-corrected chi connectivity index (χ1v) is 11.9. The smallest absolute Gasteiger partial charge is 0.417 e. The van der Waals surface area contributed by atoms with Crippen molar-refractivity contribution in [2.75, 3.05) is 19.7 Å². The summed E-state index contributed by atoms with van der Waals surface area (Å²) in [5, 5.41) is 8.68. The Morgan fingerprint density at radius 2 is 1.89 bits per heavy atom. The van der Waals surface area contributed by atoms with E-state index in [0.29, 0.717) is 43.0 Å². The number of ether oxygens (including phenoxy) is 1. The molecule has 2 aromatic carbocycles. The van der Waals surface area contributed by atoms with Crippen molar-refractivity contribution in [2.45, 2.75) is 38.4 Å². The predicted molar refractivity (Wildman–Crippen MR) is 140 cm³/mol. The third kappa shape index (κ3) is 9.54. The normalized spacial score (nSPS) is 12.2. The van der Waals surface area contributed by atoms with Crippen LogP contribution in [0.1, 0.15) is 41.6 Å². The molecule has 1 N–H and O–H groups in total. The van der Waals surface area contributed by atoms with Crippen molar-refractivity contribution in [1.29, 1.82) is 0 Å². The number of rotatable bonds is 12. The summed E-state index contributed by atoms with van der Waals surface area (Å²) in [5.41, 5.74) is 1.10. The maximum Gasteiger partial charge on any atom is 0.417 e. The maximum atomic E-state index is 13.4. The van der Waals surface area contributed by atoms with E-state index in [0.717, 1.165) is 11.8 Å². The van der Waals surface area contributed by atoms with E-state index in [-0.39, 0.29) is 36.3 Å². The first-order valence-electron chi connectivity index (χ1n) is 11.5. The highest BCUT2D eigenvalue weighted by Gasteiger charge is 2.34. The number of hydrogen-bond donors (Lipinski definition) is 1. The molecule has 0 unspecified atom stereocenters. The minimum atomic E-state index is -4.53. The van der Waals surface area contributed by atoms with E-state index in [1.807, 2.05) is 30.0 Å². The molecule has 5 nitrogen and oxygen atoms in total. The number of carboxylic acid groups (broad SMARTS) is 1. The zero-order chi connectivity index (χ0) is 26.1. The van der Waals surface area contributed by atoms with Gasteiger partial charge in [0.1, 0.15) is 5.75 Å². The van der Waals surface area contributed by atoms with Crippen molar-refractivity contribution in [2.24, 2.45) is 0 Å². The van der Waals surface area contributed by atoms with Gasteiger partial charge < -0.3 is 9.84 Å². The number of nitrogens with zero attached hydrogens (tertiary/aromatic N) is 2. The molecular weight excluding hydrogens is 528 g/mol. The van der Waals surface area contributed by atoms with Crippen molar-refractivity contribution in [3.63, 3.8) is 0 Å². The molecule has 0 bridgehead atoms. The van der Waals surface area contributed by atoms with Gasteiger partial charge in [0, 0.05) is 37.4 Å². The summed E-state index contributed by atoms with van der Waals surface area (Å²) in [7, 11) is 0. The molecule has 1 heterocycles. The van der Waals surface area contributed by atoms with Gasteiger partial charge in [-0.1, -0.05) is 48.9 Å². The van der Waals surface area contributed by atoms with Crippen LogP contribution in [0.5, 0.6) is 5.75 Å². The third-order valence-corrected chi connectivity index (χ3v) is 6.09. The van der Waals surface area contributed by atoms with Gasteiger partial charge in [0.05, 0.1) is 23.6 Å². The lowest BCUT2D eigenvalue weighted by Crippen LogP contribution is -2.30. The Morgan fingerprint density at radius 1 is 1.14 bits per heavy atom. The molecule has 37 heavy (non-hydrogen) atoms. The van der Waals surface area contributed by atoms with Crippen LogP contribution in [0.3, 0.4) is 0 Å². The Bertz CT molecular complexity index is 1150. The summed E-state index contributed by atoms with van der Waals surface area (Å²) in [6, 6.07) is 16.5. The van der Waals surface area contributed by atoms with Gasteiger partial charge in [0.25, 0.3) is 0 Å². The van der Waals surface area contributed by atoms with Gasteiger partial charge in [-0.2, -0.15) is 13.2 Å². The lowest BCUT2D eigenvalue weighted by Gasteiger charge is -2.26. The third-order valence-electron chi connectivity index (χ3n) is 5.64. The molecule has 0 saturated carbocycles. The van der Waals surface area contributed by atoms with Crippen LogP contribution in [0.15, 0.2) is 66.9 Å². The zero-order valence-corrected chi connectivity index (χ0v) is 21.8. The Hall–Kier alpha value is -2.81. The van der Waals surface area contributed by atoms with E-state index in [9.17, 15) is 18.0 Å². The van der Waals surface area contributed by atoms with Crippen LogP contribution >= 0.6 is 24.0 Å². The Balaban J connectivity index is 0.00000481. The Morgan fingerprint density at radius 3 is 2.57 bits per heavy atom. The lowest BCUT2D eigenvalue weighted by atomic mass is 10.0. The number of aromatic nitrogens is 1. The number of halogens is 5. The molecule has 0 aliphatic carbocycles. The fourth-order valence-electron chi connectivity index (χ4n) is 3.94. The van der Waals surface area contributed by atoms with Crippen LogP contribution in [0.4, 0.5) is 13.2 Å². The molecule has 0 aliphatic heterocycles. The molecule has 200 valence electrons. The van der Waals surface area contributed by atoms with E-state index >= 15 is 0 Å². The van der Waals surface area contributed by atoms with Crippen LogP contribution in [-0.2, 0) is 23.9 Å². The standard InChI is InChI=1S/C27H28ClF3N2O3.ClH/c1-19(24-11-2-3-12-32-24)17-33(18-21-8-5-10-23(26(21)28)27(29,30)31)13-6-14-36-22-9-4-7-20(15-22)16-25(34)35;/h2-5,7-12,15,19H,6,13-14,16-18H2,1H3,(H,34,35);1H/t19-;/m0./s1. The number of aliphatic carboxylic acids is 1. The van der Waals surface area contributed by atoms with Crippen molar-refractivity contribution in [3.05, 3.63) is 94.3 Å². The lowest BCUT2D eigenvalue weighted by molar-refractivity contribution is -0.138. The molecular formula is C27H29Cl2F3N2O3. The molecule has 0 amide bonds. The summed E-state index contributed by atoms with van der Waals surface area (Å²) < 4.78 is 45.8. The average molecular weight is 557 g/mol. The minimum absolute atomic E-state index is 0. The molecule has 0 spiro atoms. The second-order valence-electron chi connectivity index (χ2n) is 8.59. The highest BCUT2D eigenvalue weighted by molar-refractivity contribution is 6.32. The molecule has 3 rings (SSSR count). The summed E-state index contributed by atoms with van der Waals surface area (Å²) >= 11 is 6.16. The van der Waals surface area contributed by atoms with Crippen molar-refractivity contribution in [3.8, 4) is 5.75 Å². The molecule has 3 aromatic rings. The number of benzene rings is 2. The number of hydrogen-bond acceptors (Lipinski definition) is 4. The second kappa shape index (κ2) is 14.2. The van der Waals surface area contributed by atoms with Crippen molar-refractivity contribution >= 4 is 30.0 Å². The highest BCUT2D eigenvalue weighted by atomic mass is 35.5. The number of alkyl halides is 3. The van der Waals surface area contributed by atoms with Gasteiger partial charge in [-0.15, -0.1) is 12.4 Å². The minimum Gasteiger partial charge on any atom is -0.494 e. The Labute approximate surface area is 225 Å². The van der Waals surface area contributed by atoms with Crippen LogP contribution in [0.2, 0.25) is 5.02 Å². The van der Waals surface area contributed by atoms with E-state index in [1.165, 1.54) is 6.07 Å². The molecule has 0 aliphatic rings. The molecule has 1 atom stereocenters. The summed E-state index contributed by atoms with van der Waals surface area (Å²) in [5.74, 6) is -0.300. The average Bonchev–Trinajstić information content (AvgIpc) is 2.82. The molecule has 1 aromatic heterocycles. The molecule has 0 radical (unpaired) electrons. The first-order chi connectivity index (χ1) is 17.1.